The molecule has 0 aliphatic carbocycles. The number of hydrogen-bond donors (Lipinski definition) is 3. The van der Waals surface area contributed by atoms with E-state index in [0.29, 0.717) is 38.6 Å². The number of hydrogen-bond acceptors (Lipinski definition) is 5. The molecule has 0 saturated carbocycles. The lowest BCUT2D eigenvalue weighted by Crippen LogP contribution is -2.40. The molecule has 0 fully saturated rings. The minimum Gasteiger partial charge on any atom is -0.480 e. The summed E-state index contributed by atoms with van der Waals surface area (Å²) in [6.07, 6.45) is 44.3. The Balaban J connectivity index is 4.14. The van der Waals surface area contributed by atoms with E-state index in [1.165, 1.54) is 32.1 Å². The van der Waals surface area contributed by atoms with Gasteiger partial charge in [-0.15, -0.1) is 0 Å². The number of esters is 1. The number of carbonyl (C=O) groups is 3. The van der Waals surface area contributed by atoms with Crippen LogP contribution in [0.25, 0.3) is 0 Å². The van der Waals surface area contributed by atoms with Gasteiger partial charge in [-0.2, -0.15) is 0 Å². The Bertz CT molecular complexity index is 953. The molecule has 0 spiro atoms. The number of rotatable bonds is 34. The van der Waals surface area contributed by atoms with Crippen LogP contribution in [0.15, 0.2) is 60.8 Å². The van der Waals surface area contributed by atoms with Crippen molar-refractivity contribution in [1.82, 2.24) is 5.32 Å². The van der Waals surface area contributed by atoms with Crippen LogP contribution >= 0.6 is 0 Å². The maximum Gasteiger partial charge on any atom is 0.326 e. The highest BCUT2D eigenvalue weighted by Crippen LogP contribution is 2.15. The third-order valence-corrected chi connectivity index (χ3v) is 8.30. The third kappa shape index (κ3) is 33.3. The monoisotopic (exact) mass is 685 g/mol. The van der Waals surface area contributed by atoms with Gasteiger partial charge in [-0.25, -0.2) is 4.79 Å². The molecule has 0 radical (unpaired) electrons. The highest BCUT2D eigenvalue weighted by molar-refractivity contribution is 5.83. The number of aliphatic carboxylic acids is 1. The van der Waals surface area contributed by atoms with Gasteiger partial charge in [0.25, 0.3) is 0 Å². The van der Waals surface area contributed by atoms with E-state index in [1.807, 2.05) is 0 Å². The van der Waals surface area contributed by atoms with E-state index in [2.05, 4.69) is 79.9 Å². The van der Waals surface area contributed by atoms with Gasteiger partial charge in [0.05, 0.1) is 0 Å². The zero-order valence-electron chi connectivity index (χ0n) is 31.3. The lowest BCUT2D eigenvalue weighted by molar-refractivity contribution is -0.147. The molecule has 0 aliphatic heterocycles. The molecule has 280 valence electrons. The molecular formula is C42H72N2O5. The summed E-state index contributed by atoms with van der Waals surface area (Å²) in [5.41, 5.74) is 5.46. The van der Waals surface area contributed by atoms with Crippen LogP contribution < -0.4 is 11.1 Å². The van der Waals surface area contributed by atoms with E-state index in [1.54, 1.807) is 0 Å². The Morgan fingerprint density at radius 2 is 1.18 bits per heavy atom. The summed E-state index contributed by atoms with van der Waals surface area (Å²) in [4.78, 5) is 36.1. The van der Waals surface area contributed by atoms with Gasteiger partial charge < -0.3 is 20.9 Å². The highest BCUT2D eigenvalue weighted by Gasteiger charge is 2.19. The summed E-state index contributed by atoms with van der Waals surface area (Å²) >= 11 is 0. The molecule has 0 aliphatic rings. The minimum absolute atomic E-state index is 0.109. The Kier molecular flexibility index (Phi) is 34.2. The summed E-state index contributed by atoms with van der Waals surface area (Å²) < 4.78 is 5.86. The van der Waals surface area contributed by atoms with Crippen LogP contribution in [0.2, 0.25) is 0 Å². The minimum atomic E-state index is -1.02. The number of carboxylic acid groups (broad SMARTS) is 1. The van der Waals surface area contributed by atoms with Crippen molar-refractivity contribution in [2.45, 2.75) is 180 Å². The van der Waals surface area contributed by atoms with Gasteiger partial charge in [0.15, 0.2) is 0 Å². The second kappa shape index (κ2) is 36.4. The van der Waals surface area contributed by atoms with Crippen molar-refractivity contribution in [3.63, 3.8) is 0 Å². The average Bonchev–Trinajstić information content (AvgIpc) is 3.08. The number of unbranched alkanes of at least 4 members (excludes halogenated alkanes) is 12. The summed E-state index contributed by atoms with van der Waals surface area (Å²) in [5, 5.41) is 11.9. The summed E-state index contributed by atoms with van der Waals surface area (Å²) in [6.45, 7) is 4.75. The van der Waals surface area contributed by atoms with E-state index in [4.69, 9.17) is 10.5 Å². The van der Waals surface area contributed by atoms with Crippen LogP contribution in [0.1, 0.15) is 168 Å². The molecule has 0 saturated heterocycles. The van der Waals surface area contributed by atoms with Crippen LogP contribution in [0, 0.1) is 0 Å². The molecule has 0 aromatic rings. The molecule has 7 heteroatoms. The predicted octanol–water partition coefficient (Wildman–Crippen LogP) is 10.6. The molecule has 0 aromatic carbocycles. The van der Waals surface area contributed by atoms with Gasteiger partial charge in [0.2, 0.25) is 5.91 Å². The van der Waals surface area contributed by atoms with Gasteiger partial charge in [-0.1, -0.05) is 120 Å². The molecule has 0 bridgehead atoms. The topological polar surface area (TPSA) is 119 Å². The van der Waals surface area contributed by atoms with E-state index in [0.717, 1.165) is 89.9 Å². The molecule has 1 amide bonds. The van der Waals surface area contributed by atoms with E-state index in [9.17, 15) is 19.5 Å². The number of carboxylic acids is 1. The second-order valence-electron chi connectivity index (χ2n) is 13.0. The van der Waals surface area contributed by atoms with Crippen LogP contribution in [0.3, 0.4) is 0 Å². The number of nitrogens with two attached hydrogens (primary N) is 1. The van der Waals surface area contributed by atoms with E-state index >= 15 is 0 Å². The molecule has 0 heterocycles. The van der Waals surface area contributed by atoms with Gasteiger partial charge >= 0.3 is 11.9 Å². The summed E-state index contributed by atoms with van der Waals surface area (Å²) in [6, 6.07) is -0.873. The molecule has 49 heavy (non-hydrogen) atoms. The van der Waals surface area contributed by atoms with E-state index < -0.39 is 12.0 Å². The fourth-order valence-corrected chi connectivity index (χ4v) is 5.35. The standard InChI is InChI=1S/C42H72N2O5/c1-3-5-7-9-10-11-12-13-14-15-16-17-18-19-20-21-22-24-30-36-41(46)49-38(32-27-23-8-6-4-2)33-28-25-26-29-35-40(45)44-39(42(47)48)34-31-37-43/h5,7,10-11,13-14,16-17,27,32,38-39H,3-4,6,8-9,12,15,18-26,28-31,33-37,43H2,1-2H3,(H,44,45)(H,47,48)/b7-5-,11-10-,14-13-,17-16-,32-27-. The van der Waals surface area contributed by atoms with Crippen LogP contribution in [0.4, 0.5) is 0 Å². The third-order valence-electron chi connectivity index (χ3n) is 8.30. The first-order chi connectivity index (χ1) is 23.9. The fraction of sp³-hybridized carbons (Fsp3) is 0.690. The molecule has 2 atom stereocenters. The Morgan fingerprint density at radius 3 is 1.82 bits per heavy atom. The molecular weight excluding hydrogens is 612 g/mol. The first-order valence-corrected chi connectivity index (χ1v) is 19.6. The number of ether oxygens (including phenoxy) is 1. The van der Waals surface area contributed by atoms with Crippen molar-refractivity contribution >= 4 is 17.8 Å². The molecule has 2 unspecified atom stereocenters. The fourth-order valence-electron chi connectivity index (χ4n) is 5.35. The van der Waals surface area contributed by atoms with Crippen molar-refractivity contribution in [1.29, 1.82) is 0 Å². The van der Waals surface area contributed by atoms with Crippen molar-refractivity contribution in [3.05, 3.63) is 60.8 Å². The van der Waals surface area contributed by atoms with Crippen LogP contribution in [-0.4, -0.2) is 41.6 Å². The Labute approximate surface area is 300 Å². The molecule has 0 rings (SSSR count). The van der Waals surface area contributed by atoms with Gasteiger partial charge in [0, 0.05) is 12.8 Å². The number of nitrogens with one attached hydrogen (secondary N) is 1. The zero-order valence-corrected chi connectivity index (χ0v) is 31.3. The maximum atomic E-state index is 12.6. The van der Waals surface area contributed by atoms with Crippen molar-refractivity contribution in [3.8, 4) is 0 Å². The SMILES string of the molecule is CC/C=C\C/C=C\C/C=C\C/C=C\CCCCCCCCC(=O)OC(/C=C\CCCCC)CCCCCCC(=O)NC(CCCN)C(=O)O. The molecule has 4 N–H and O–H groups in total. The van der Waals surface area contributed by atoms with Crippen LogP contribution in [-0.2, 0) is 19.1 Å². The lowest BCUT2D eigenvalue weighted by atomic mass is 10.1. The number of allylic oxidation sites excluding steroid dienone is 9. The quantitative estimate of drug-likeness (QED) is 0.0353. The highest BCUT2D eigenvalue weighted by atomic mass is 16.5. The van der Waals surface area contributed by atoms with Gasteiger partial charge in [0.1, 0.15) is 12.1 Å². The molecule has 0 aromatic heterocycles. The van der Waals surface area contributed by atoms with Crippen molar-refractivity contribution < 1.29 is 24.2 Å². The maximum absolute atomic E-state index is 12.6. The molecule has 7 nitrogen and oxygen atoms in total. The predicted molar refractivity (Wildman–Crippen MR) is 206 cm³/mol. The summed E-state index contributed by atoms with van der Waals surface area (Å²) in [7, 11) is 0. The first-order valence-electron chi connectivity index (χ1n) is 19.6. The number of amides is 1. The Hall–Kier alpha value is -2.93. The Morgan fingerprint density at radius 1 is 0.633 bits per heavy atom. The lowest BCUT2D eigenvalue weighted by Gasteiger charge is -2.15. The van der Waals surface area contributed by atoms with Gasteiger partial charge in [-0.05, 0) is 103 Å². The van der Waals surface area contributed by atoms with E-state index in [-0.39, 0.29) is 18.0 Å². The second-order valence-corrected chi connectivity index (χ2v) is 13.0. The largest absolute Gasteiger partial charge is 0.480 e. The van der Waals surface area contributed by atoms with Gasteiger partial charge in [-0.3, -0.25) is 9.59 Å². The van der Waals surface area contributed by atoms with Crippen LogP contribution in [0.5, 0.6) is 0 Å². The van der Waals surface area contributed by atoms with Crippen molar-refractivity contribution in [2.24, 2.45) is 5.73 Å². The number of carbonyl (C=O) groups excluding carboxylic acids is 2. The first kappa shape index (κ1) is 46.1. The normalized spacial score (nSPS) is 13.4. The van der Waals surface area contributed by atoms with Crippen molar-refractivity contribution in [2.75, 3.05) is 6.54 Å². The smallest absolute Gasteiger partial charge is 0.326 e. The summed E-state index contributed by atoms with van der Waals surface area (Å²) in [5.74, 6) is -1.36. The zero-order chi connectivity index (χ0) is 36.0. The average molecular weight is 685 g/mol.